The number of carbonyl (C=O) groups excluding carboxylic acids is 2. The van der Waals surface area contributed by atoms with Crippen molar-refractivity contribution in [2.24, 2.45) is 5.10 Å². The first-order valence-corrected chi connectivity index (χ1v) is 9.78. The quantitative estimate of drug-likeness (QED) is 0.274. The summed E-state index contributed by atoms with van der Waals surface area (Å²) in [5, 5.41) is 5.90. The predicted molar refractivity (Wildman–Crippen MR) is 121 cm³/mol. The molecule has 0 bridgehead atoms. The van der Waals surface area contributed by atoms with Crippen LogP contribution >= 0.6 is 0 Å². The minimum atomic E-state index is -0.400. The van der Waals surface area contributed by atoms with Crippen LogP contribution in [-0.4, -0.2) is 32.3 Å². The average Bonchev–Trinajstić information content (AvgIpc) is 3.31. The molecule has 0 atom stereocenters. The maximum Gasteiger partial charge on any atom is 0.337 e. The Balaban J connectivity index is 1.46. The molecule has 0 unspecified atom stereocenters. The first kappa shape index (κ1) is 20.9. The maximum absolute atomic E-state index is 12.6. The van der Waals surface area contributed by atoms with Crippen molar-refractivity contribution in [3.05, 3.63) is 89.7 Å². The van der Waals surface area contributed by atoms with E-state index < -0.39 is 11.9 Å². The van der Waals surface area contributed by atoms with Gasteiger partial charge in [-0.25, -0.2) is 10.2 Å². The van der Waals surface area contributed by atoms with Crippen molar-refractivity contribution < 1.29 is 23.5 Å². The largest absolute Gasteiger partial charge is 0.496 e. The van der Waals surface area contributed by atoms with Gasteiger partial charge in [-0.3, -0.25) is 4.79 Å². The SMILES string of the molecule is COC(=O)c1ccc(-c2ccc(/C=N\NC(=O)c3cc4ccccc4cc3OC)o2)cc1. The summed E-state index contributed by atoms with van der Waals surface area (Å²) in [5.41, 5.74) is 4.13. The minimum absolute atomic E-state index is 0.383. The highest BCUT2D eigenvalue weighted by atomic mass is 16.5. The van der Waals surface area contributed by atoms with E-state index in [9.17, 15) is 9.59 Å². The number of hydrogen-bond donors (Lipinski definition) is 1. The smallest absolute Gasteiger partial charge is 0.337 e. The Kier molecular flexibility index (Phi) is 5.98. The van der Waals surface area contributed by atoms with Gasteiger partial charge in [0.15, 0.2) is 0 Å². The monoisotopic (exact) mass is 428 g/mol. The molecule has 0 radical (unpaired) electrons. The van der Waals surface area contributed by atoms with Gasteiger partial charge in [0.2, 0.25) is 0 Å². The second-order valence-corrected chi connectivity index (χ2v) is 6.87. The molecule has 1 heterocycles. The first-order chi connectivity index (χ1) is 15.6. The third kappa shape index (κ3) is 4.37. The van der Waals surface area contributed by atoms with E-state index >= 15 is 0 Å². The third-order valence-corrected chi connectivity index (χ3v) is 4.89. The van der Waals surface area contributed by atoms with Crippen molar-refractivity contribution in [3.63, 3.8) is 0 Å². The molecule has 0 aliphatic heterocycles. The van der Waals surface area contributed by atoms with Crippen LogP contribution in [0.1, 0.15) is 26.5 Å². The molecule has 7 heteroatoms. The van der Waals surface area contributed by atoms with Crippen LogP contribution in [0, 0.1) is 0 Å². The van der Waals surface area contributed by atoms with Gasteiger partial charge < -0.3 is 13.9 Å². The van der Waals surface area contributed by atoms with E-state index in [1.165, 1.54) is 20.4 Å². The molecule has 1 amide bonds. The predicted octanol–water partition coefficient (Wildman–Crippen LogP) is 4.66. The van der Waals surface area contributed by atoms with Gasteiger partial charge in [-0.15, -0.1) is 0 Å². The molecule has 32 heavy (non-hydrogen) atoms. The van der Waals surface area contributed by atoms with Crippen molar-refractivity contribution in [1.29, 1.82) is 0 Å². The number of fused-ring (bicyclic) bond motifs is 1. The summed E-state index contributed by atoms with van der Waals surface area (Å²) < 4.78 is 15.8. The van der Waals surface area contributed by atoms with E-state index in [0.717, 1.165) is 16.3 Å². The van der Waals surface area contributed by atoms with Crippen LogP contribution in [0.15, 0.2) is 82.3 Å². The normalized spacial score (nSPS) is 10.9. The number of furan rings is 1. The van der Waals surface area contributed by atoms with Gasteiger partial charge in [0.1, 0.15) is 17.3 Å². The van der Waals surface area contributed by atoms with Crippen LogP contribution in [-0.2, 0) is 4.74 Å². The maximum atomic E-state index is 12.6. The number of hydrazone groups is 1. The molecular formula is C25H20N2O5. The molecule has 0 fully saturated rings. The van der Waals surface area contributed by atoms with E-state index in [2.05, 4.69) is 10.5 Å². The van der Waals surface area contributed by atoms with E-state index in [1.54, 1.807) is 42.5 Å². The summed E-state index contributed by atoms with van der Waals surface area (Å²) >= 11 is 0. The number of carbonyl (C=O) groups is 2. The fourth-order valence-electron chi connectivity index (χ4n) is 3.25. The zero-order chi connectivity index (χ0) is 22.5. The van der Waals surface area contributed by atoms with Crippen LogP contribution in [0.3, 0.4) is 0 Å². The fourth-order valence-corrected chi connectivity index (χ4v) is 3.25. The summed E-state index contributed by atoms with van der Waals surface area (Å²) in [7, 11) is 2.86. The third-order valence-electron chi connectivity index (χ3n) is 4.89. The number of benzene rings is 3. The van der Waals surface area contributed by atoms with Crippen LogP contribution in [0.2, 0.25) is 0 Å². The molecular weight excluding hydrogens is 408 g/mol. The van der Waals surface area contributed by atoms with E-state index in [-0.39, 0.29) is 0 Å². The molecule has 0 saturated carbocycles. The lowest BCUT2D eigenvalue weighted by Gasteiger charge is -2.09. The standard InChI is InChI=1S/C25H20N2O5/c1-30-23-14-19-6-4-3-5-18(19)13-21(23)24(28)27-26-15-20-11-12-22(32-20)16-7-9-17(10-8-16)25(29)31-2/h3-15H,1-2H3,(H,27,28)/b26-15-. The van der Waals surface area contributed by atoms with Crippen molar-refractivity contribution in [3.8, 4) is 17.1 Å². The average molecular weight is 428 g/mol. The van der Waals surface area contributed by atoms with E-state index in [1.807, 2.05) is 30.3 Å². The molecule has 3 aromatic carbocycles. The number of amides is 1. The number of esters is 1. The van der Waals surface area contributed by atoms with Gasteiger partial charge in [0.25, 0.3) is 5.91 Å². The number of hydrogen-bond acceptors (Lipinski definition) is 6. The molecule has 4 aromatic rings. The zero-order valence-electron chi connectivity index (χ0n) is 17.5. The topological polar surface area (TPSA) is 90.1 Å². The highest BCUT2D eigenvalue weighted by Gasteiger charge is 2.13. The Morgan fingerprint density at radius 2 is 1.66 bits per heavy atom. The molecule has 4 rings (SSSR count). The number of nitrogens with one attached hydrogen (secondary N) is 1. The van der Waals surface area contributed by atoms with Gasteiger partial charge in [0.05, 0.1) is 31.6 Å². The van der Waals surface area contributed by atoms with Gasteiger partial charge in [-0.05, 0) is 47.2 Å². The lowest BCUT2D eigenvalue weighted by atomic mass is 10.1. The molecule has 7 nitrogen and oxygen atoms in total. The highest BCUT2D eigenvalue weighted by Crippen LogP contribution is 2.26. The first-order valence-electron chi connectivity index (χ1n) is 9.78. The van der Waals surface area contributed by atoms with Gasteiger partial charge in [0, 0.05) is 5.56 Å². The molecule has 1 aromatic heterocycles. The van der Waals surface area contributed by atoms with Crippen LogP contribution < -0.4 is 10.2 Å². The van der Waals surface area contributed by atoms with E-state index in [4.69, 9.17) is 13.9 Å². The van der Waals surface area contributed by atoms with Crippen LogP contribution in [0.5, 0.6) is 5.75 Å². The van der Waals surface area contributed by atoms with Gasteiger partial charge in [-0.2, -0.15) is 5.10 Å². The van der Waals surface area contributed by atoms with Crippen molar-refractivity contribution in [2.75, 3.05) is 14.2 Å². The molecule has 0 aliphatic rings. The summed E-state index contributed by atoms with van der Waals surface area (Å²) in [6, 6.07) is 21.7. The lowest BCUT2D eigenvalue weighted by molar-refractivity contribution is 0.0600. The Hall–Kier alpha value is -4.39. The summed E-state index contributed by atoms with van der Waals surface area (Å²) in [6.45, 7) is 0. The number of nitrogens with zero attached hydrogens (tertiary/aromatic N) is 1. The molecule has 0 spiro atoms. The highest BCUT2D eigenvalue weighted by molar-refractivity contribution is 6.01. The number of ether oxygens (including phenoxy) is 2. The van der Waals surface area contributed by atoms with Crippen LogP contribution in [0.4, 0.5) is 0 Å². The van der Waals surface area contributed by atoms with Crippen molar-refractivity contribution in [1.82, 2.24) is 5.43 Å². The molecule has 1 N–H and O–H groups in total. The van der Waals surface area contributed by atoms with Gasteiger partial charge in [-0.1, -0.05) is 36.4 Å². The Labute approximate surface area is 184 Å². The fraction of sp³-hybridized carbons (Fsp3) is 0.0800. The summed E-state index contributed by atoms with van der Waals surface area (Å²) in [6.07, 6.45) is 1.41. The lowest BCUT2D eigenvalue weighted by Crippen LogP contribution is -2.18. The Bertz CT molecular complexity index is 1310. The molecule has 160 valence electrons. The Morgan fingerprint density at radius 1 is 0.938 bits per heavy atom. The van der Waals surface area contributed by atoms with Crippen molar-refractivity contribution in [2.45, 2.75) is 0 Å². The number of rotatable bonds is 6. The molecule has 0 aliphatic carbocycles. The zero-order valence-corrected chi connectivity index (χ0v) is 17.5. The minimum Gasteiger partial charge on any atom is -0.496 e. The Morgan fingerprint density at radius 3 is 2.34 bits per heavy atom. The van der Waals surface area contributed by atoms with Gasteiger partial charge >= 0.3 is 5.97 Å². The second-order valence-electron chi connectivity index (χ2n) is 6.87. The second kappa shape index (κ2) is 9.18. The summed E-state index contributed by atoms with van der Waals surface area (Å²) in [4.78, 5) is 24.2. The number of methoxy groups -OCH3 is 2. The van der Waals surface area contributed by atoms with Crippen molar-refractivity contribution >= 4 is 28.9 Å². The van der Waals surface area contributed by atoms with Crippen LogP contribution in [0.25, 0.3) is 22.1 Å². The molecule has 0 saturated heterocycles. The summed E-state index contributed by atoms with van der Waals surface area (Å²) in [5.74, 6) is 0.733. The van der Waals surface area contributed by atoms with E-state index in [0.29, 0.717) is 28.4 Å².